The van der Waals surface area contributed by atoms with E-state index in [-0.39, 0.29) is 18.3 Å². The van der Waals surface area contributed by atoms with Crippen LogP contribution in [0.15, 0.2) is 18.2 Å². The van der Waals surface area contributed by atoms with Gasteiger partial charge in [0.15, 0.2) is 0 Å². The third-order valence-corrected chi connectivity index (χ3v) is 2.56. The van der Waals surface area contributed by atoms with Crippen molar-refractivity contribution in [1.29, 1.82) is 0 Å². The van der Waals surface area contributed by atoms with Crippen LogP contribution in [0, 0.1) is 12.7 Å². The number of aryl methyl sites for hydroxylation is 1. The molecule has 0 aliphatic heterocycles. The Hall–Kier alpha value is -1.42. The van der Waals surface area contributed by atoms with Crippen molar-refractivity contribution in [2.24, 2.45) is 0 Å². The summed E-state index contributed by atoms with van der Waals surface area (Å²) in [5.74, 6) is -1.13. The lowest BCUT2D eigenvalue weighted by molar-refractivity contribution is -0.138. The van der Waals surface area contributed by atoms with Crippen molar-refractivity contribution in [2.45, 2.75) is 19.4 Å². The predicted octanol–water partition coefficient (Wildman–Crippen LogP) is 2.21. The number of rotatable bonds is 4. The molecule has 0 fully saturated rings. The molecule has 0 aliphatic rings. The molecule has 4 heteroatoms. The van der Waals surface area contributed by atoms with Crippen LogP contribution >= 0.6 is 0 Å². The number of carboxylic acid groups (broad SMARTS) is 1. The summed E-state index contributed by atoms with van der Waals surface area (Å²) >= 11 is 0. The van der Waals surface area contributed by atoms with E-state index in [0.717, 1.165) is 5.56 Å². The van der Waals surface area contributed by atoms with E-state index in [1.165, 1.54) is 6.07 Å². The lowest BCUT2D eigenvalue weighted by Crippen LogP contribution is -2.22. The molecule has 1 rings (SSSR count). The third kappa shape index (κ3) is 3.03. The van der Waals surface area contributed by atoms with Gasteiger partial charge in [0.25, 0.3) is 0 Å². The molecule has 0 saturated carbocycles. The first-order valence-electron chi connectivity index (χ1n) is 5.06. The van der Waals surface area contributed by atoms with E-state index < -0.39 is 5.97 Å². The van der Waals surface area contributed by atoms with Crippen LogP contribution in [-0.4, -0.2) is 30.1 Å². The first-order chi connectivity index (χ1) is 7.41. The summed E-state index contributed by atoms with van der Waals surface area (Å²) in [6.07, 6.45) is 0.0120. The fraction of sp³-hybridized carbons (Fsp3) is 0.417. The van der Waals surface area contributed by atoms with Gasteiger partial charge in [-0.05, 0) is 38.2 Å². The lowest BCUT2D eigenvalue weighted by Gasteiger charge is -2.23. The maximum Gasteiger partial charge on any atom is 0.305 e. The molecule has 0 amide bonds. The van der Waals surface area contributed by atoms with E-state index in [0.29, 0.717) is 5.56 Å². The average Bonchev–Trinajstić information content (AvgIpc) is 2.18. The zero-order valence-corrected chi connectivity index (χ0v) is 9.70. The molecule has 1 N–H and O–H groups in total. The van der Waals surface area contributed by atoms with Gasteiger partial charge in [-0.15, -0.1) is 0 Å². The fourth-order valence-corrected chi connectivity index (χ4v) is 1.64. The van der Waals surface area contributed by atoms with Crippen molar-refractivity contribution in [3.8, 4) is 0 Å². The number of aliphatic carboxylic acids is 1. The number of hydrogen-bond acceptors (Lipinski definition) is 2. The van der Waals surface area contributed by atoms with Gasteiger partial charge < -0.3 is 10.0 Å². The van der Waals surface area contributed by atoms with Crippen LogP contribution < -0.4 is 0 Å². The molecule has 1 unspecified atom stereocenters. The van der Waals surface area contributed by atoms with Crippen LogP contribution in [0.5, 0.6) is 0 Å². The second kappa shape index (κ2) is 5.07. The minimum Gasteiger partial charge on any atom is -0.481 e. The summed E-state index contributed by atoms with van der Waals surface area (Å²) in [5, 5.41) is 8.82. The number of benzene rings is 1. The molecule has 1 atom stereocenters. The quantitative estimate of drug-likeness (QED) is 0.854. The summed E-state index contributed by atoms with van der Waals surface area (Å²) in [7, 11) is 3.62. The Labute approximate surface area is 94.5 Å². The van der Waals surface area contributed by atoms with E-state index >= 15 is 0 Å². The zero-order valence-electron chi connectivity index (χ0n) is 9.70. The Bertz CT molecular complexity index is 391. The predicted molar refractivity (Wildman–Crippen MR) is 59.8 cm³/mol. The van der Waals surface area contributed by atoms with Gasteiger partial charge in [-0.1, -0.05) is 12.1 Å². The number of hydrogen-bond donors (Lipinski definition) is 1. The van der Waals surface area contributed by atoms with Crippen LogP contribution in [-0.2, 0) is 4.79 Å². The molecule has 0 aliphatic carbocycles. The van der Waals surface area contributed by atoms with Crippen molar-refractivity contribution in [2.75, 3.05) is 14.1 Å². The van der Waals surface area contributed by atoms with Gasteiger partial charge in [0, 0.05) is 6.04 Å². The van der Waals surface area contributed by atoms with Gasteiger partial charge in [0.05, 0.1) is 6.42 Å². The third-order valence-electron chi connectivity index (χ3n) is 2.56. The maximum absolute atomic E-state index is 13.1. The molecule has 0 spiro atoms. The average molecular weight is 225 g/mol. The van der Waals surface area contributed by atoms with Crippen LogP contribution in [0.3, 0.4) is 0 Å². The van der Waals surface area contributed by atoms with Gasteiger partial charge in [0.2, 0.25) is 0 Å². The molecule has 1 aromatic rings. The Morgan fingerprint density at radius 3 is 2.56 bits per heavy atom. The monoisotopic (exact) mass is 225 g/mol. The van der Waals surface area contributed by atoms with Gasteiger partial charge in [-0.3, -0.25) is 4.79 Å². The Kier molecular flexibility index (Phi) is 4.01. The zero-order chi connectivity index (χ0) is 12.3. The molecule has 0 radical (unpaired) electrons. The lowest BCUT2D eigenvalue weighted by atomic mass is 10.0. The molecule has 0 aromatic heterocycles. The molecule has 0 bridgehead atoms. The summed E-state index contributed by atoms with van der Waals surface area (Å²) in [6, 6.07) is 4.49. The molecular formula is C12H16FNO2. The van der Waals surface area contributed by atoms with Crippen LogP contribution in [0.2, 0.25) is 0 Å². The minimum absolute atomic E-state index is 0.0120. The standard InChI is InChI=1S/C12H16FNO2/c1-8-6-9(4-5-10(8)13)11(14(2)3)7-12(15)16/h4-6,11H,7H2,1-3H3,(H,15,16). The highest BCUT2D eigenvalue weighted by Crippen LogP contribution is 2.23. The van der Waals surface area contributed by atoms with Crippen molar-refractivity contribution in [1.82, 2.24) is 4.90 Å². The van der Waals surface area contributed by atoms with Gasteiger partial charge in [-0.25, -0.2) is 4.39 Å². The molecule has 0 saturated heterocycles. The molecule has 3 nitrogen and oxygen atoms in total. The van der Waals surface area contributed by atoms with Gasteiger partial charge in [-0.2, -0.15) is 0 Å². The largest absolute Gasteiger partial charge is 0.481 e. The Morgan fingerprint density at radius 2 is 2.12 bits per heavy atom. The van der Waals surface area contributed by atoms with Crippen LogP contribution in [0.4, 0.5) is 4.39 Å². The van der Waals surface area contributed by atoms with Crippen molar-refractivity contribution >= 4 is 5.97 Å². The van der Waals surface area contributed by atoms with Crippen LogP contribution in [0.25, 0.3) is 0 Å². The first kappa shape index (κ1) is 12.6. The first-order valence-corrected chi connectivity index (χ1v) is 5.06. The van der Waals surface area contributed by atoms with Crippen LogP contribution in [0.1, 0.15) is 23.6 Å². The second-order valence-corrected chi connectivity index (χ2v) is 4.09. The number of halogens is 1. The summed E-state index contributed by atoms with van der Waals surface area (Å²) in [4.78, 5) is 12.6. The van der Waals surface area contributed by atoms with E-state index in [2.05, 4.69) is 0 Å². The summed E-state index contributed by atoms with van der Waals surface area (Å²) in [5.41, 5.74) is 1.36. The number of nitrogens with zero attached hydrogens (tertiary/aromatic N) is 1. The summed E-state index contributed by atoms with van der Waals surface area (Å²) in [6.45, 7) is 1.67. The van der Waals surface area contributed by atoms with E-state index in [1.54, 1.807) is 19.1 Å². The molecule has 88 valence electrons. The van der Waals surface area contributed by atoms with Gasteiger partial charge >= 0.3 is 5.97 Å². The normalized spacial score (nSPS) is 12.8. The van der Waals surface area contributed by atoms with E-state index in [1.807, 2.05) is 19.0 Å². The molecule has 1 aromatic carbocycles. The highest BCUT2D eigenvalue weighted by molar-refractivity contribution is 5.68. The van der Waals surface area contributed by atoms with Crippen molar-refractivity contribution in [3.05, 3.63) is 35.1 Å². The van der Waals surface area contributed by atoms with E-state index in [4.69, 9.17) is 5.11 Å². The highest BCUT2D eigenvalue weighted by Gasteiger charge is 2.18. The Balaban J connectivity index is 3.01. The second-order valence-electron chi connectivity index (χ2n) is 4.09. The number of carbonyl (C=O) groups is 1. The van der Waals surface area contributed by atoms with E-state index in [9.17, 15) is 9.18 Å². The SMILES string of the molecule is Cc1cc(C(CC(=O)O)N(C)C)ccc1F. The minimum atomic E-state index is -0.860. The smallest absolute Gasteiger partial charge is 0.305 e. The van der Waals surface area contributed by atoms with Crippen molar-refractivity contribution < 1.29 is 14.3 Å². The highest BCUT2D eigenvalue weighted by atomic mass is 19.1. The number of carboxylic acids is 1. The topological polar surface area (TPSA) is 40.5 Å². The van der Waals surface area contributed by atoms with Gasteiger partial charge in [0.1, 0.15) is 5.82 Å². The molecule has 16 heavy (non-hydrogen) atoms. The van der Waals surface area contributed by atoms with Crippen molar-refractivity contribution in [3.63, 3.8) is 0 Å². The fourth-order valence-electron chi connectivity index (χ4n) is 1.64. The Morgan fingerprint density at radius 1 is 1.50 bits per heavy atom. The molecular weight excluding hydrogens is 209 g/mol. The molecule has 0 heterocycles. The summed E-state index contributed by atoms with van der Waals surface area (Å²) < 4.78 is 13.1. The maximum atomic E-state index is 13.1.